The summed E-state index contributed by atoms with van der Waals surface area (Å²) in [6, 6.07) is 6.59. The fourth-order valence-electron chi connectivity index (χ4n) is 2.60. The molecule has 6 nitrogen and oxygen atoms in total. The molecule has 1 aromatic carbocycles. The molecule has 0 saturated heterocycles. The summed E-state index contributed by atoms with van der Waals surface area (Å²) >= 11 is 6.36. The number of unbranched alkanes of at least 4 members (excludes halogenated alkanes) is 2. The van der Waals surface area contributed by atoms with Gasteiger partial charge in [-0.2, -0.15) is 0 Å². The summed E-state index contributed by atoms with van der Waals surface area (Å²) in [5.41, 5.74) is 1.83. The lowest BCUT2D eigenvalue weighted by molar-refractivity contribution is -0.697. The summed E-state index contributed by atoms with van der Waals surface area (Å²) in [5, 5.41) is 18.6. The van der Waals surface area contributed by atoms with Crippen LogP contribution in [0.1, 0.15) is 25.7 Å². The zero-order valence-electron chi connectivity index (χ0n) is 13.5. The van der Waals surface area contributed by atoms with Crippen molar-refractivity contribution in [3.63, 3.8) is 0 Å². The Labute approximate surface area is 149 Å². The number of benzene rings is 1. The van der Waals surface area contributed by atoms with E-state index in [1.807, 2.05) is 16.8 Å². The van der Waals surface area contributed by atoms with Crippen LogP contribution in [0.25, 0.3) is 22.6 Å². The molecule has 130 valence electrons. The van der Waals surface area contributed by atoms with Gasteiger partial charge in [-0.3, -0.25) is 4.79 Å². The number of carbonyl (C=O) groups is 1. The number of rotatable bonds is 7. The Bertz CT molecular complexity index is 907. The van der Waals surface area contributed by atoms with Crippen LogP contribution in [0.5, 0.6) is 5.75 Å². The molecular weight excluding hydrogens is 344 g/mol. The molecule has 0 fully saturated rings. The molecule has 2 aromatic heterocycles. The number of pyridine rings is 1. The van der Waals surface area contributed by atoms with E-state index in [2.05, 4.69) is 4.98 Å². The number of aromatic hydroxyl groups is 1. The quantitative estimate of drug-likeness (QED) is 0.494. The molecule has 7 heteroatoms. The van der Waals surface area contributed by atoms with Crippen LogP contribution in [0.3, 0.4) is 0 Å². The van der Waals surface area contributed by atoms with E-state index in [1.165, 1.54) is 6.07 Å². The summed E-state index contributed by atoms with van der Waals surface area (Å²) in [5.74, 6) is -0.235. The number of carboxylic acid groups (broad SMARTS) is 1. The molecule has 0 unspecified atom stereocenters. The largest absolute Gasteiger partial charge is 0.508 e. The van der Waals surface area contributed by atoms with Crippen molar-refractivity contribution in [1.82, 2.24) is 4.98 Å². The van der Waals surface area contributed by atoms with Gasteiger partial charge in [0.1, 0.15) is 22.8 Å². The van der Waals surface area contributed by atoms with Gasteiger partial charge < -0.3 is 14.6 Å². The van der Waals surface area contributed by atoms with E-state index in [0.717, 1.165) is 19.4 Å². The lowest BCUT2D eigenvalue weighted by atomic mass is 10.2. The predicted octanol–water partition coefficient (Wildman–Crippen LogP) is 3.79. The zero-order chi connectivity index (χ0) is 17.8. The minimum absolute atomic E-state index is 0.120. The molecule has 25 heavy (non-hydrogen) atoms. The lowest BCUT2D eigenvalue weighted by Gasteiger charge is -2.01. The normalized spacial score (nSPS) is 11.1. The third-order valence-corrected chi connectivity index (χ3v) is 4.18. The number of hydrogen-bond donors (Lipinski definition) is 2. The van der Waals surface area contributed by atoms with Gasteiger partial charge in [-0.15, -0.1) is 0 Å². The molecular formula is C18H18ClN2O4+. The van der Waals surface area contributed by atoms with E-state index >= 15 is 0 Å². The smallest absolute Gasteiger partial charge is 0.303 e. The van der Waals surface area contributed by atoms with E-state index < -0.39 is 5.97 Å². The van der Waals surface area contributed by atoms with Gasteiger partial charge in [0, 0.05) is 25.0 Å². The summed E-state index contributed by atoms with van der Waals surface area (Å²) in [4.78, 5) is 14.9. The number of halogens is 1. The highest BCUT2D eigenvalue weighted by atomic mass is 35.5. The van der Waals surface area contributed by atoms with Gasteiger partial charge in [-0.1, -0.05) is 11.6 Å². The molecule has 0 aliphatic rings. The van der Waals surface area contributed by atoms with Crippen molar-refractivity contribution in [2.45, 2.75) is 32.2 Å². The SMILES string of the molecule is O=C(O)CCCCC[n+]1ccc(-c2nc3ccc(O)cc3o2)c(Cl)c1. The van der Waals surface area contributed by atoms with E-state index in [0.29, 0.717) is 34.0 Å². The number of aromatic nitrogens is 2. The van der Waals surface area contributed by atoms with Crippen LogP contribution in [0.4, 0.5) is 0 Å². The van der Waals surface area contributed by atoms with Crippen LogP contribution in [0, 0.1) is 0 Å². The van der Waals surface area contributed by atoms with Crippen molar-refractivity contribution >= 4 is 28.7 Å². The Kier molecular flexibility index (Phi) is 5.19. The summed E-state index contributed by atoms with van der Waals surface area (Å²) in [7, 11) is 0. The highest BCUT2D eigenvalue weighted by Crippen LogP contribution is 2.30. The molecule has 0 atom stereocenters. The topological polar surface area (TPSA) is 87.4 Å². The first-order valence-electron chi connectivity index (χ1n) is 8.03. The van der Waals surface area contributed by atoms with Crippen LogP contribution in [0.15, 0.2) is 41.1 Å². The van der Waals surface area contributed by atoms with E-state index in [-0.39, 0.29) is 12.2 Å². The van der Waals surface area contributed by atoms with E-state index in [9.17, 15) is 9.90 Å². The maximum Gasteiger partial charge on any atom is 0.303 e. The van der Waals surface area contributed by atoms with Crippen LogP contribution in [-0.4, -0.2) is 21.2 Å². The minimum atomic E-state index is -0.758. The van der Waals surface area contributed by atoms with Crippen molar-refractivity contribution in [1.29, 1.82) is 0 Å². The first-order valence-corrected chi connectivity index (χ1v) is 8.41. The average molecular weight is 362 g/mol. The maximum atomic E-state index is 10.5. The Morgan fingerprint density at radius 2 is 2.08 bits per heavy atom. The fraction of sp³-hybridized carbons (Fsp3) is 0.278. The number of phenolic OH excluding ortho intramolecular Hbond substituents is 1. The maximum absolute atomic E-state index is 10.5. The monoisotopic (exact) mass is 361 g/mol. The zero-order valence-corrected chi connectivity index (χ0v) is 14.2. The first kappa shape index (κ1) is 17.2. The third kappa shape index (κ3) is 4.28. The summed E-state index contributed by atoms with van der Waals surface area (Å²) < 4.78 is 7.63. The number of fused-ring (bicyclic) bond motifs is 1. The average Bonchev–Trinajstić information content (AvgIpc) is 2.97. The molecule has 0 radical (unpaired) electrons. The van der Waals surface area contributed by atoms with Crippen molar-refractivity contribution in [3.05, 3.63) is 41.7 Å². The van der Waals surface area contributed by atoms with Gasteiger partial charge >= 0.3 is 5.97 Å². The van der Waals surface area contributed by atoms with Crippen molar-refractivity contribution in [2.75, 3.05) is 0 Å². The molecule has 2 heterocycles. The standard InChI is InChI=1S/C18H17ClN2O4/c19-14-11-21(8-3-1-2-4-17(23)24)9-7-13(14)18-20-15-6-5-12(22)10-16(15)25-18/h5-7,9-11H,1-4,8H2,(H,23,24)/p+1. The van der Waals surface area contributed by atoms with Crippen molar-refractivity contribution in [2.24, 2.45) is 0 Å². The van der Waals surface area contributed by atoms with Crippen LogP contribution in [0.2, 0.25) is 5.02 Å². The van der Waals surface area contributed by atoms with Crippen molar-refractivity contribution < 1.29 is 24.0 Å². The van der Waals surface area contributed by atoms with Crippen molar-refractivity contribution in [3.8, 4) is 17.2 Å². The van der Waals surface area contributed by atoms with Gasteiger partial charge in [0.2, 0.25) is 5.89 Å². The Morgan fingerprint density at radius 3 is 2.84 bits per heavy atom. The molecule has 3 aromatic rings. The molecule has 0 bridgehead atoms. The Hall–Kier alpha value is -2.60. The molecule has 2 N–H and O–H groups in total. The molecule has 0 saturated carbocycles. The van der Waals surface area contributed by atoms with Crippen LogP contribution in [-0.2, 0) is 11.3 Å². The summed E-state index contributed by atoms with van der Waals surface area (Å²) in [6.07, 6.45) is 6.32. The number of oxazole rings is 1. The van der Waals surface area contributed by atoms with Gasteiger partial charge in [-0.25, -0.2) is 9.55 Å². The molecule has 0 aliphatic heterocycles. The predicted molar refractivity (Wildman–Crippen MR) is 92.4 cm³/mol. The molecule has 3 rings (SSSR count). The molecule has 0 aliphatic carbocycles. The van der Waals surface area contributed by atoms with E-state index in [1.54, 1.807) is 18.3 Å². The first-order chi connectivity index (χ1) is 12.0. The van der Waals surface area contributed by atoms with Gasteiger partial charge in [0.25, 0.3) is 0 Å². The third-order valence-electron chi connectivity index (χ3n) is 3.88. The van der Waals surface area contributed by atoms with Gasteiger partial charge in [-0.05, 0) is 25.0 Å². The highest BCUT2D eigenvalue weighted by molar-refractivity contribution is 6.32. The number of aliphatic carboxylic acids is 1. The Morgan fingerprint density at radius 1 is 1.24 bits per heavy atom. The summed E-state index contributed by atoms with van der Waals surface area (Å²) in [6.45, 7) is 0.765. The van der Waals surface area contributed by atoms with Crippen LogP contribution < -0.4 is 4.57 Å². The second-order valence-electron chi connectivity index (χ2n) is 5.82. The van der Waals surface area contributed by atoms with Gasteiger partial charge in [0.15, 0.2) is 18.0 Å². The van der Waals surface area contributed by atoms with Gasteiger partial charge in [0.05, 0.1) is 5.56 Å². The molecule has 0 amide bonds. The van der Waals surface area contributed by atoms with E-state index in [4.69, 9.17) is 21.1 Å². The fourth-order valence-corrected chi connectivity index (χ4v) is 2.87. The second kappa shape index (κ2) is 7.53. The molecule has 0 spiro atoms. The number of nitrogens with zero attached hydrogens (tertiary/aromatic N) is 2. The lowest BCUT2D eigenvalue weighted by Crippen LogP contribution is -2.32. The Balaban J connectivity index is 1.69. The second-order valence-corrected chi connectivity index (χ2v) is 6.23. The number of hydrogen-bond acceptors (Lipinski definition) is 4. The minimum Gasteiger partial charge on any atom is -0.508 e. The highest BCUT2D eigenvalue weighted by Gasteiger charge is 2.15. The number of carboxylic acids is 1. The number of phenols is 1. The number of aryl methyl sites for hydroxylation is 1. The van der Waals surface area contributed by atoms with Crippen LogP contribution >= 0.6 is 11.6 Å².